The Hall–Kier alpha value is -2.25. The second kappa shape index (κ2) is 6.02. The van der Waals surface area contributed by atoms with Crippen molar-refractivity contribution in [2.75, 3.05) is 36.0 Å². The number of halogens is 1. The molecule has 1 aliphatic heterocycles. The highest BCUT2D eigenvalue weighted by molar-refractivity contribution is 6.30. The van der Waals surface area contributed by atoms with Crippen molar-refractivity contribution in [1.29, 1.82) is 5.26 Å². The van der Waals surface area contributed by atoms with Gasteiger partial charge < -0.3 is 9.80 Å². The number of piperazine rings is 1. The molecule has 2 aromatic rings. The Morgan fingerprint density at radius 1 is 1.00 bits per heavy atom. The molecule has 1 aromatic heterocycles. The number of rotatable bonds is 2. The lowest BCUT2D eigenvalue weighted by molar-refractivity contribution is 0.647. The number of nitrogens with zero attached hydrogens (tertiary/aromatic N) is 4. The molecule has 3 rings (SSSR count). The number of benzene rings is 1. The molecule has 0 aliphatic carbocycles. The van der Waals surface area contributed by atoms with Crippen LogP contribution >= 0.6 is 11.6 Å². The second-order valence-electron chi connectivity index (χ2n) is 4.97. The first-order chi connectivity index (χ1) is 10.3. The highest BCUT2D eigenvalue weighted by atomic mass is 35.5. The van der Waals surface area contributed by atoms with Gasteiger partial charge in [-0.3, -0.25) is 0 Å². The van der Waals surface area contributed by atoms with E-state index in [4.69, 9.17) is 16.9 Å². The molecule has 0 unspecified atom stereocenters. The third-order valence-electron chi connectivity index (χ3n) is 3.67. The summed E-state index contributed by atoms with van der Waals surface area (Å²) in [6, 6.07) is 13.7. The van der Waals surface area contributed by atoms with Crippen molar-refractivity contribution in [3.05, 3.63) is 53.2 Å². The van der Waals surface area contributed by atoms with Gasteiger partial charge in [0.1, 0.15) is 5.82 Å². The first-order valence-electron chi connectivity index (χ1n) is 6.88. The maximum Gasteiger partial charge on any atom is 0.129 e. The molecule has 0 spiro atoms. The third-order valence-corrected chi connectivity index (χ3v) is 3.92. The first kappa shape index (κ1) is 13.7. The van der Waals surface area contributed by atoms with Gasteiger partial charge in [-0.1, -0.05) is 11.6 Å². The van der Waals surface area contributed by atoms with Crippen molar-refractivity contribution in [2.45, 2.75) is 0 Å². The molecule has 1 aliphatic rings. The number of hydrogen-bond donors (Lipinski definition) is 0. The zero-order valence-electron chi connectivity index (χ0n) is 11.5. The van der Waals surface area contributed by atoms with Crippen molar-refractivity contribution < 1.29 is 0 Å². The Labute approximate surface area is 129 Å². The summed E-state index contributed by atoms with van der Waals surface area (Å²) in [5.74, 6) is 0.879. The Balaban J connectivity index is 1.67. The summed E-state index contributed by atoms with van der Waals surface area (Å²) >= 11 is 5.92. The standard InChI is InChI=1S/C16H15ClN4/c17-14-1-3-15(4-2-14)20-7-9-21(10-8-20)16-11-13(12-18)5-6-19-16/h1-6,11H,7-10H2. The molecule has 2 heterocycles. The minimum absolute atomic E-state index is 0.653. The predicted octanol–water partition coefficient (Wildman–Crippen LogP) is 2.93. The number of anilines is 2. The van der Waals surface area contributed by atoms with Crippen LogP contribution in [0.4, 0.5) is 11.5 Å². The molecule has 0 amide bonds. The van der Waals surface area contributed by atoms with Crippen LogP contribution in [0.5, 0.6) is 0 Å². The molecule has 1 aromatic carbocycles. The summed E-state index contributed by atoms with van der Waals surface area (Å²) in [6.07, 6.45) is 1.69. The summed E-state index contributed by atoms with van der Waals surface area (Å²) in [4.78, 5) is 8.91. The van der Waals surface area contributed by atoms with E-state index in [1.165, 1.54) is 5.69 Å². The smallest absolute Gasteiger partial charge is 0.129 e. The number of pyridine rings is 1. The van der Waals surface area contributed by atoms with E-state index in [1.807, 2.05) is 30.3 Å². The van der Waals surface area contributed by atoms with Crippen molar-refractivity contribution in [3.8, 4) is 6.07 Å². The summed E-state index contributed by atoms with van der Waals surface area (Å²) in [7, 11) is 0. The van der Waals surface area contributed by atoms with Crippen LogP contribution in [0.2, 0.25) is 5.02 Å². The van der Waals surface area contributed by atoms with Crippen LogP contribution in [-0.4, -0.2) is 31.2 Å². The SMILES string of the molecule is N#Cc1ccnc(N2CCN(c3ccc(Cl)cc3)CC2)c1. The highest BCUT2D eigenvalue weighted by Gasteiger charge is 2.18. The molecule has 0 radical (unpaired) electrons. The normalized spacial score (nSPS) is 14.9. The van der Waals surface area contributed by atoms with E-state index >= 15 is 0 Å². The molecule has 0 saturated carbocycles. The highest BCUT2D eigenvalue weighted by Crippen LogP contribution is 2.21. The molecular formula is C16H15ClN4. The van der Waals surface area contributed by atoms with E-state index in [1.54, 1.807) is 12.3 Å². The van der Waals surface area contributed by atoms with Crippen LogP contribution in [0.3, 0.4) is 0 Å². The van der Waals surface area contributed by atoms with Gasteiger partial charge >= 0.3 is 0 Å². The van der Waals surface area contributed by atoms with Gasteiger partial charge in [0.25, 0.3) is 0 Å². The van der Waals surface area contributed by atoms with Crippen LogP contribution < -0.4 is 9.80 Å². The number of nitriles is 1. The number of aromatic nitrogens is 1. The monoisotopic (exact) mass is 298 g/mol. The fourth-order valence-corrected chi connectivity index (χ4v) is 2.63. The molecular weight excluding hydrogens is 284 g/mol. The first-order valence-corrected chi connectivity index (χ1v) is 7.26. The lowest BCUT2D eigenvalue weighted by Gasteiger charge is -2.36. The van der Waals surface area contributed by atoms with Gasteiger partial charge in [0.2, 0.25) is 0 Å². The molecule has 106 valence electrons. The van der Waals surface area contributed by atoms with E-state index in [9.17, 15) is 0 Å². The summed E-state index contributed by atoms with van der Waals surface area (Å²) < 4.78 is 0. The Kier molecular flexibility index (Phi) is 3.94. The van der Waals surface area contributed by atoms with Gasteiger partial charge in [0, 0.05) is 43.1 Å². The third kappa shape index (κ3) is 3.09. The van der Waals surface area contributed by atoms with E-state index in [0.29, 0.717) is 5.56 Å². The molecule has 1 fully saturated rings. The van der Waals surface area contributed by atoms with Crippen molar-refractivity contribution in [2.24, 2.45) is 0 Å². The van der Waals surface area contributed by atoms with Crippen molar-refractivity contribution >= 4 is 23.1 Å². The van der Waals surface area contributed by atoms with Crippen molar-refractivity contribution in [1.82, 2.24) is 4.98 Å². The lowest BCUT2D eigenvalue weighted by Crippen LogP contribution is -2.46. The summed E-state index contributed by atoms with van der Waals surface area (Å²) in [6.45, 7) is 3.65. The lowest BCUT2D eigenvalue weighted by atomic mass is 10.2. The van der Waals surface area contributed by atoms with E-state index in [0.717, 1.165) is 37.0 Å². The number of hydrogen-bond acceptors (Lipinski definition) is 4. The van der Waals surface area contributed by atoms with E-state index in [-0.39, 0.29) is 0 Å². The minimum atomic E-state index is 0.653. The fraction of sp³-hybridized carbons (Fsp3) is 0.250. The topological polar surface area (TPSA) is 43.2 Å². The van der Waals surface area contributed by atoms with E-state index < -0.39 is 0 Å². The van der Waals surface area contributed by atoms with Gasteiger partial charge in [0.05, 0.1) is 11.6 Å². The Morgan fingerprint density at radius 2 is 1.67 bits per heavy atom. The van der Waals surface area contributed by atoms with Crippen LogP contribution in [-0.2, 0) is 0 Å². The van der Waals surface area contributed by atoms with E-state index in [2.05, 4.69) is 20.9 Å². The maximum atomic E-state index is 8.96. The molecule has 0 bridgehead atoms. The molecule has 21 heavy (non-hydrogen) atoms. The Morgan fingerprint density at radius 3 is 2.33 bits per heavy atom. The molecule has 1 saturated heterocycles. The summed E-state index contributed by atoms with van der Waals surface area (Å²) in [5, 5.41) is 9.72. The molecule has 5 heteroatoms. The molecule has 0 atom stereocenters. The zero-order valence-corrected chi connectivity index (χ0v) is 12.3. The average molecular weight is 299 g/mol. The van der Waals surface area contributed by atoms with Gasteiger partial charge in [0.15, 0.2) is 0 Å². The molecule has 4 nitrogen and oxygen atoms in total. The van der Waals surface area contributed by atoms with Crippen LogP contribution in [0.15, 0.2) is 42.6 Å². The van der Waals surface area contributed by atoms with Gasteiger partial charge in [-0.05, 0) is 36.4 Å². The largest absolute Gasteiger partial charge is 0.368 e. The maximum absolute atomic E-state index is 8.96. The predicted molar refractivity (Wildman–Crippen MR) is 84.8 cm³/mol. The quantitative estimate of drug-likeness (QED) is 0.855. The average Bonchev–Trinajstić information content (AvgIpc) is 2.56. The molecule has 0 N–H and O–H groups in total. The van der Waals surface area contributed by atoms with Gasteiger partial charge in [-0.2, -0.15) is 5.26 Å². The Bertz CT molecular complexity index is 655. The van der Waals surface area contributed by atoms with Crippen LogP contribution in [0.1, 0.15) is 5.56 Å². The van der Waals surface area contributed by atoms with Crippen LogP contribution in [0.25, 0.3) is 0 Å². The zero-order chi connectivity index (χ0) is 14.7. The van der Waals surface area contributed by atoms with Gasteiger partial charge in [-0.15, -0.1) is 0 Å². The van der Waals surface area contributed by atoms with Gasteiger partial charge in [-0.25, -0.2) is 4.98 Å². The van der Waals surface area contributed by atoms with Crippen LogP contribution in [0, 0.1) is 11.3 Å². The van der Waals surface area contributed by atoms with Crippen molar-refractivity contribution in [3.63, 3.8) is 0 Å². The fourth-order valence-electron chi connectivity index (χ4n) is 2.51. The summed E-state index contributed by atoms with van der Waals surface area (Å²) in [5.41, 5.74) is 1.85. The second-order valence-corrected chi connectivity index (χ2v) is 5.40. The minimum Gasteiger partial charge on any atom is -0.368 e.